The molecule has 2 heterocycles. The molecule has 5 rings (SSSR count). The number of halogens is 3. The minimum absolute atomic E-state index is 0.0319. The molecule has 0 saturated heterocycles. The minimum Gasteiger partial charge on any atom is -0.432 e. The molecule has 0 aliphatic heterocycles. The van der Waals surface area contributed by atoms with Crippen LogP contribution >= 0.6 is 0 Å². The van der Waals surface area contributed by atoms with Crippen molar-refractivity contribution in [2.24, 2.45) is 0 Å². The van der Waals surface area contributed by atoms with Gasteiger partial charge >= 0.3 is 6.61 Å². The zero-order valence-corrected chi connectivity index (χ0v) is 20.9. The Bertz CT molecular complexity index is 1640. The maximum Gasteiger partial charge on any atom is 0.387 e. The number of hydrogen-bond acceptors (Lipinski definition) is 7. The Morgan fingerprint density at radius 1 is 1.12 bits per heavy atom. The van der Waals surface area contributed by atoms with E-state index in [1.807, 2.05) is 0 Å². The molecule has 206 valence electrons. The number of benzene rings is 2. The fraction of sp³-hybridized carbons (Fsp3) is 0.222. The second-order valence-electron chi connectivity index (χ2n) is 9.15. The number of carbonyl (C=O) groups is 3. The highest BCUT2D eigenvalue weighted by Gasteiger charge is 2.33. The Morgan fingerprint density at radius 2 is 1.93 bits per heavy atom. The van der Waals surface area contributed by atoms with Crippen molar-refractivity contribution in [3.63, 3.8) is 0 Å². The first-order chi connectivity index (χ1) is 19.1. The predicted molar refractivity (Wildman–Crippen MR) is 134 cm³/mol. The molecule has 2 amide bonds. The number of Topliss-reactive ketones (excluding diaryl/α,β-unsaturated/α-hetero) is 1. The maximum atomic E-state index is 13.7. The number of nitrogens with one attached hydrogen (secondary N) is 2. The minimum atomic E-state index is -3.22. The van der Waals surface area contributed by atoms with E-state index >= 15 is 0 Å². The number of aliphatic hydroxyl groups is 1. The van der Waals surface area contributed by atoms with Gasteiger partial charge in [0.05, 0.1) is 18.3 Å². The third-order valence-electron chi connectivity index (χ3n) is 6.47. The Morgan fingerprint density at radius 3 is 2.67 bits per heavy atom. The summed E-state index contributed by atoms with van der Waals surface area (Å²) in [6.45, 7) is -1.94. The molecule has 2 aromatic carbocycles. The van der Waals surface area contributed by atoms with Crippen LogP contribution in [0.3, 0.4) is 0 Å². The van der Waals surface area contributed by atoms with Gasteiger partial charge in [-0.3, -0.25) is 14.4 Å². The van der Waals surface area contributed by atoms with Crippen molar-refractivity contribution in [1.82, 2.24) is 25.2 Å². The summed E-state index contributed by atoms with van der Waals surface area (Å²) >= 11 is 0. The van der Waals surface area contributed by atoms with Crippen molar-refractivity contribution in [2.75, 3.05) is 0 Å². The molecular weight excluding hydrogens is 531 g/mol. The van der Waals surface area contributed by atoms with E-state index in [4.69, 9.17) is 0 Å². The SMILES string of the molecule is CC(=O)c1ccc2c(c1)C[C@H](O)[C@@H]2NC(=O)c1cc(C(=O)NCc2ccc(F)c(OC(F)F)c2)nc2ccnn12. The Kier molecular flexibility index (Phi) is 7.22. The standard InChI is InChI=1S/C27H22F3N5O5/c1-13(36)15-3-4-17-16(9-15)10-21(37)24(17)34-26(39)20-11-19(33-23-6-7-32-35(20)23)25(38)31-12-14-2-5-18(28)22(8-14)40-27(29)30/h2-9,11,21,24,27,37H,10,12H2,1H3,(H,31,38)(H,34,39)/t21-,24+/m0/s1. The van der Waals surface area contributed by atoms with E-state index in [0.717, 1.165) is 17.7 Å². The van der Waals surface area contributed by atoms with E-state index in [2.05, 4.69) is 25.5 Å². The molecule has 0 saturated carbocycles. The lowest BCUT2D eigenvalue weighted by Gasteiger charge is -2.18. The van der Waals surface area contributed by atoms with Gasteiger partial charge in [0.15, 0.2) is 23.0 Å². The van der Waals surface area contributed by atoms with Gasteiger partial charge in [0, 0.05) is 30.7 Å². The summed E-state index contributed by atoms with van der Waals surface area (Å²) in [7, 11) is 0. The van der Waals surface area contributed by atoms with E-state index in [-0.39, 0.29) is 41.3 Å². The van der Waals surface area contributed by atoms with Crippen LogP contribution in [0.25, 0.3) is 5.65 Å². The molecule has 0 radical (unpaired) electrons. The highest BCUT2D eigenvalue weighted by molar-refractivity contribution is 5.98. The van der Waals surface area contributed by atoms with Crippen molar-refractivity contribution in [1.29, 1.82) is 0 Å². The lowest BCUT2D eigenvalue weighted by atomic mass is 10.0. The Labute approximate surface area is 224 Å². The molecular formula is C27H22F3N5O5. The fourth-order valence-electron chi connectivity index (χ4n) is 4.55. The van der Waals surface area contributed by atoms with Crippen molar-refractivity contribution < 1.29 is 37.4 Å². The first kappa shape index (κ1) is 26.8. The number of fused-ring (bicyclic) bond motifs is 2. The fourth-order valence-corrected chi connectivity index (χ4v) is 4.55. The monoisotopic (exact) mass is 553 g/mol. The van der Waals surface area contributed by atoms with Gasteiger partial charge in [-0.2, -0.15) is 13.9 Å². The van der Waals surface area contributed by atoms with Crippen LogP contribution in [0.5, 0.6) is 5.75 Å². The molecule has 3 N–H and O–H groups in total. The molecule has 0 unspecified atom stereocenters. The van der Waals surface area contributed by atoms with Gasteiger partial charge in [-0.25, -0.2) is 13.9 Å². The van der Waals surface area contributed by atoms with E-state index < -0.39 is 42.1 Å². The molecule has 0 bridgehead atoms. The number of aromatic nitrogens is 3. The molecule has 40 heavy (non-hydrogen) atoms. The van der Waals surface area contributed by atoms with Crippen molar-refractivity contribution >= 4 is 23.2 Å². The number of carbonyl (C=O) groups excluding carboxylic acids is 3. The van der Waals surface area contributed by atoms with E-state index in [0.29, 0.717) is 11.1 Å². The van der Waals surface area contributed by atoms with E-state index in [9.17, 15) is 32.7 Å². The quantitative estimate of drug-likeness (QED) is 0.286. The number of alkyl halides is 2. The normalized spacial score (nSPS) is 16.1. The average molecular weight is 553 g/mol. The van der Waals surface area contributed by atoms with Crippen molar-refractivity contribution in [2.45, 2.75) is 38.6 Å². The Hall–Kier alpha value is -4.78. The second kappa shape index (κ2) is 10.8. The van der Waals surface area contributed by atoms with Gasteiger partial charge < -0.3 is 20.5 Å². The highest BCUT2D eigenvalue weighted by atomic mass is 19.3. The second-order valence-corrected chi connectivity index (χ2v) is 9.15. The number of nitrogens with zero attached hydrogens (tertiary/aromatic N) is 3. The molecule has 1 aliphatic rings. The first-order valence-electron chi connectivity index (χ1n) is 12.1. The topological polar surface area (TPSA) is 135 Å². The van der Waals surface area contributed by atoms with Crippen LogP contribution in [0.2, 0.25) is 0 Å². The van der Waals surface area contributed by atoms with Crippen LogP contribution in [-0.4, -0.2) is 50.0 Å². The highest BCUT2D eigenvalue weighted by Crippen LogP contribution is 2.32. The molecule has 2 atom stereocenters. The molecule has 1 aliphatic carbocycles. The third kappa shape index (κ3) is 5.36. The summed E-state index contributed by atoms with van der Waals surface area (Å²) in [5.74, 6) is -3.08. The maximum absolute atomic E-state index is 13.7. The Balaban J connectivity index is 1.36. The largest absolute Gasteiger partial charge is 0.432 e. The van der Waals surface area contributed by atoms with Gasteiger partial charge in [0.2, 0.25) is 0 Å². The van der Waals surface area contributed by atoms with Crippen LogP contribution in [0, 0.1) is 5.82 Å². The molecule has 4 aromatic rings. The summed E-state index contributed by atoms with van der Waals surface area (Å²) in [5.41, 5.74) is 2.23. The molecule has 10 nitrogen and oxygen atoms in total. The smallest absolute Gasteiger partial charge is 0.387 e. The zero-order chi connectivity index (χ0) is 28.6. The summed E-state index contributed by atoms with van der Waals surface area (Å²) in [5, 5.41) is 20.1. The lowest BCUT2D eigenvalue weighted by Crippen LogP contribution is -2.35. The number of amides is 2. The van der Waals surface area contributed by atoms with Gasteiger partial charge in [-0.1, -0.05) is 18.2 Å². The van der Waals surface area contributed by atoms with Crippen molar-refractivity contribution in [3.05, 3.63) is 94.2 Å². The summed E-state index contributed by atoms with van der Waals surface area (Å²) < 4.78 is 44.1. The number of rotatable bonds is 8. The summed E-state index contributed by atoms with van der Waals surface area (Å²) in [6, 6.07) is 10.2. The van der Waals surface area contributed by atoms with Gasteiger partial charge in [0.1, 0.15) is 11.4 Å². The van der Waals surface area contributed by atoms with Gasteiger partial charge in [-0.05, 0) is 41.8 Å². The number of aliphatic hydroxyl groups excluding tert-OH is 1. The molecule has 0 fully saturated rings. The average Bonchev–Trinajstić information content (AvgIpc) is 3.51. The number of ether oxygens (including phenoxy) is 1. The van der Waals surface area contributed by atoms with Gasteiger partial charge in [0.25, 0.3) is 11.8 Å². The lowest BCUT2D eigenvalue weighted by molar-refractivity contribution is -0.0522. The predicted octanol–water partition coefficient (Wildman–Crippen LogP) is 2.99. The first-order valence-corrected chi connectivity index (χ1v) is 12.1. The van der Waals surface area contributed by atoms with Gasteiger partial charge in [-0.15, -0.1) is 0 Å². The van der Waals surface area contributed by atoms with Crippen LogP contribution < -0.4 is 15.4 Å². The number of ketones is 1. The van der Waals surface area contributed by atoms with Crippen LogP contribution in [0.15, 0.2) is 54.7 Å². The molecule has 0 spiro atoms. The van der Waals surface area contributed by atoms with Crippen LogP contribution in [-0.2, 0) is 13.0 Å². The molecule has 2 aromatic heterocycles. The molecule has 13 heteroatoms. The van der Waals surface area contributed by atoms with Crippen LogP contribution in [0.1, 0.15) is 61.0 Å². The summed E-state index contributed by atoms with van der Waals surface area (Å²) in [4.78, 5) is 42.2. The summed E-state index contributed by atoms with van der Waals surface area (Å²) in [6.07, 6.45) is 0.705. The zero-order valence-electron chi connectivity index (χ0n) is 20.9. The third-order valence-corrected chi connectivity index (χ3v) is 6.47. The van der Waals surface area contributed by atoms with Crippen molar-refractivity contribution in [3.8, 4) is 5.75 Å². The van der Waals surface area contributed by atoms with E-state index in [1.165, 1.54) is 35.8 Å². The van der Waals surface area contributed by atoms with Crippen LogP contribution in [0.4, 0.5) is 13.2 Å². The number of hydrogen-bond donors (Lipinski definition) is 3. The van der Waals surface area contributed by atoms with E-state index in [1.54, 1.807) is 18.2 Å².